The third-order valence-electron chi connectivity index (χ3n) is 3.46. The van der Waals surface area contributed by atoms with E-state index in [4.69, 9.17) is 4.74 Å². The maximum absolute atomic E-state index is 12.1. The summed E-state index contributed by atoms with van der Waals surface area (Å²) in [5.41, 5.74) is 0.871. The van der Waals surface area contributed by atoms with Gasteiger partial charge in [0.2, 0.25) is 15.9 Å². The number of nitrogens with one attached hydrogen (secondary N) is 2. The molecule has 2 rings (SSSR count). The minimum atomic E-state index is -3.88. The van der Waals surface area contributed by atoms with Crippen LogP contribution in [0.25, 0.3) is 0 Å². The average Bonchev–Trinajstić information content (AvgIpc) is 2.61. The Labute approximate surface area is 162 Å². The normalized spacial score (nSPS) is 11.1. The molecule has 0 saturated carbocycles. The molecule has 0 fully saturated rings. The Kier molecular flexibility index (Phi) is 6.94. The van der Waals surface area contributed by atoms with E-state index in [1.807, 2.05) is 13.8 Å². The van der Waals surface area contributed by atoms with Crippen molar-refractivity contribution in [2.24, 2.45) is 0 Å². The molecule has 1 amide bonds. The molecule has 0 aliphatic heterocycles. The van der Waals surface area contributed by atoms with Crippen LogP contribution >= 0.6 is 0 Å². The van der Waals surface area contributed by atoms with Crippen molar-refractivity contribution in [2.75, 3.05) is 10.5 Å². The smallest absolute Gasteiger partial charge is 0.269 e. The largest absolute Gasteiger partial charge is 0.491 e. The molecule has 2 aromatic carbocycles. The monoisotopic (exact) mass is 407 g/mol. The molecule has 0 unspecified atom stereocenters. The lowest BCUT2D eigenvalue weighted by Crippen LogP contribution is -2.32. The van der Waals surface area contributed by atoms with Gasteiger partial charge in [0.15, 0.2) is 0 Å². The second-order valence-electron chi connectivity index (χ2n) is 6.25. The van der Waals surface area contributed by atoms with Gasteiger partial charge in [-0.15, -0.1) is 0 Å². The zero-order chi connectivity index (χ0) is 20.7. The highest BCUT2D eigenvalue weighted by Crippen LogP contribution is 2.18. The van der Waals surface area contributed by atoms with Gasteiger partial charge in [-0.2, -0.15) is 0 Å². The lowest BCUT2D eigenvalue weighted by atomic mass is 10.2. The Balaban J connectivity index is 1.87. The summed E-state index contributed by atoms with van der Waals surface area (Å²) in [6.07, 6.45) is 0.00184. The molecule has 0 aliphatic rings. The van der Waals surface area contributed by atoms with E-state index in [-0.39, 0.29) is 18.3 Å². The van der Waals surface area contributed by atoms with Crippen LogP contribution in [0.4, 0.5) is 11.4 Å². The van der Waals surface area contributed by atoms with Gasteiger partial charge in [-0.05, 0) is 43.7 Å². The number of non-ortho nitro benzene ring substituents is 1. The molecule has 0 bridgehead atoms. The van der Waals surface area contributed by atoms with Crippen LogP contribution in [0.15, 0.2) is 48.5 Å². The number of hydrogen-bond donors (Lipinski definition) is 2. The molecule has 0 heterocycles. The maximum Gasteiger partial charge on any atom is 0.269 e. The number of rotatable bonds is 9. The molecular weight excluding hydrogens is 386 g/mol. The third kappa shape index (κ3) is 6.88. The number of anilines is 1. The Hall–Kier alpha value is -3.14. The van der Waals surface area contributed by atoms with Gasteiger partial charge in [-0.3, -0.25) is 19.6 Å². The summed E-state index contributed by atoms with van der Waals surface area (Å²) in [4.78, 5) is 22.0. The SMILES string of the molecule is CC(C)Oc1ccc(NS(=O)(=O)CC(=O)NCc2ccc([N+](=O)[O-])cc2)cc1. The van der Waals surface area contributed by atoms with Crippen LogP contribution < -0.4 is 14.8 Å². The fraction of sp³-hybridized carbons (Fsp3) is 0.278. The summed E-state index contributed by atoms with van der Waals surface area (Å²) in [6, 6.07) is 12.0. The predicted octanol–water partition coefficient (Wildman–Crippen LogP) is 2.44. The molecule has 0 aliphatic carbocycles. The molecule has 10 heteroatoms. The average molecular weight is 407 g/mol. The Morgan fingerprint density at radius 1 is 1.11 bits per heavy atom. The van der Waals surface area contributed by atoms with Crippen molar-refractivity contribution in [3.8, 4) is 5.75 Å². The van der Waals surface area contributed by atoms with E-state index in [0.717, 1.165) is 0 Å². The number of hydrogen-bond acceptors (Lipinski definition) is 6. The standard InChI is InChI=1S/C18H21N3O6S/c1-13(2)27-17-9-5-15(6-10-17)20-28(25,26)12-18(22)19-11-14-3-7-16(8-4-14)21(23)24/h3-10,13,20H,11-12H2,1-2H3,(H,19,22). The van der Waals surface area contributed by atoms with Crippen molar-refractivity contribution in [3.63, 3.8) is 0 Å². The van der Waals surface area contributed by atoms with E-state index in [0.29, 0.717) is 17.0 Å². The number of carbonyl (C=O) groups excluding carboxylic acids is 1. The number of nitrogens with zero attached hydrogens (tertiary/aromatic N) is 1. The lowest BCUT2D eigenvalue weighted by Gasteiger charge is -2.11. The zero-order valence-electron chi connectivity index (χ0n) is 15.4. The summed E-state index contributed by atoms with van der Waals surface area (Å²) in [5.74, 6) is -0.825. The van der Waals surface area contributed by atoms with E-state index >= 15 is 0 Å². The Bertz CT molecular complexity index is 925. The van der Waals surface area contributed by atoms with Gasteiger partial charge in [0, 0.05) is 24.4 Å². The van der Waals surface area contributed by atoms with Crippen molar-refractivity contribution in [1.82, 2.24) is 5.32 Å². The molecule has 150 valence electrons. The highest BCUT2D eigenvalue weighted by molar-refractivity contribution is 7.93. The van der Waals surface area contributed by atoms with Crippen molar-refractivity contribution >= 4 is 27.3 Å². The number of sulfonamides is 1. The van der Waals surface area contributed by atoms with E-state index in [2.05, 4.69) is 10.0 Å². The van der Waals surface area contributed by atoms with Gasteiger partial charge in [-0.1, -0.05) is 12.1 Å². The van der Waals surface area contributed by atoms with Crippen molar-refractivity contribution in [1.29, 1.82) is 0 Å². The summed E-state index contributed by atoms with van der Waals surface area (Å²) in [6.45, 7) is 3.82. The number of nitro benzene ring substituents is 1. The molecule has 9 nitrogen and oxygen atoms in total. The minimum Gasteiger partial charge on any atom is -0.491 e. The Morgan fingerprint density at radius 2 is 1.71 bits per heavy atom. The van der Waals surface area contributed by atoms with Crippen LogP contribution in [0.3, 0.4) is 0 Å². The van der Waals surface area contributed by atoms with Crippen LogP contribution in [0, 0.1) is 10.1 Å². The number of carbonyl (C=O) groups is 1. The second-order valence-corrected chi connectivity index (χ2v) is 7.97. The second kappa shape index (κ2) is 9.18. The molecule has 0 aromatic heterocycles. The van der Waals surface area contributed by atoms with Crippen LogP contribution in [-0.2, 0) is 21.4 Å². The summed E-state index contributed by atoms with van der Waals surface area (Å²) >= 11 is 0. The molecular formula is C18H21N3O6S. The highest BCUT2D eigenvalue weighted by atomic mass is 32.2. The van der Waals surface area contributed by atoms with E-state index in [1.165, 1.54) is 24.3 Å². The van der Waals surface area contributed by atoms with Crippen LogP contribution in [-0.4, -0.2) is 31.1 Å². The van der Waals surface area contributed by atoms with Gasteiger partial charge in [0.25, 0.3) is 5.69 Å². The summed E-state index contributed by atoms with van der Waals surface area (Å²) in [5, 5.41) is 13.1. The fourth-order valence-electron chi connectivity index (χ4n) is 2.25. The van der Waals surface area contributed by atoms with Crippen molar-refractivity contribution < 1.29 is 22.9 Å². The first-order valence-corrected chi connectivity index (χ1v) is 10.1. The van der Waals surface area contributed by atoms with E-state index in [9.17, 15) is 23.3 Å². The Morgan fingerprint density at radius 3 is 2.25 bits per heavy atom. The van der Waals surface area contributed by atoms with E-state index in [1.54, 1.807) is 24.3 Å². The minimum absolute atomic E-state index is 0.00184. The van der Waals surface area contributed by atoms with Crippen molar-refractivity contribution in [2.45, 2.75) is 26.5 Å². The van der Waals surface area contributed by atoms with Crippen LogP contribution in [0.2, 0.25) is 0 Å². The molecule has 0 atom stereocenters. The van der Waals surface area contributed by atoms with E-state index < -0.39 is 26.6 Å². The maximum atomic E-state index is 12.1. The first-order chi connectivity index (χ1) is 13.1. The first-order valence-electron chi connectivity index (χ1n) is 8.42. The van der Waals surface area contributed by atoms with Gasteiger partial charge in [-0.25, -0.2) is 8.42 Å². The summed E-state index contributed by atoms with van der Waals surface area (Å²) in [7, 11) is -3.88. The van der Waals surface area contributed by atoms with Gasteiger partial charge < -0.3 is 10.1 Å². The predicted molar refractivity (Wildman–Crippen MR) is 105 cm³/mol. The lowest BCUT2D eigenvalue weighted by molar-refractivity contribution is -0.384. The number of ether oxygens (including phenoxy) is 1. The number of nitro groups is 1. The molecule has 28 heavy (non-hydrogen) atoms. The molecule has 0 saturated heterocycles. The molecule has 0 radical (unpaired) electrons. The molecule has 0 spiro atoms. The number of benzene rings is 2. The zero-order valence-corrected chi connectivity index (χ0v) is 16.2. The van der Waals surface area contributed by atoms with Crippen LogP contribution in [0.1, 0.15) is 19.4 Å². The van der Waals surface area contributed by atoms with Crippen LogP contribution in [0.5, 0.6) is 5.75 Å². The third-order valence-corrected chi connectivity index (χ3v) is 4.65. The molecule has 2 N–H and O–H groups in total. The van der Waals surface area contributed by atoms with Crippen molar-refractivity contribution in [3.05, 3.63) is 64.2 Å². The van der Waals surface area contributed by atoms with Gasteiger partial charge in [0.05, 0.1) is 11.0 Å². The van der Waals surface area contributed by atoms with Gasteiger partial charge >= 0.3 is 0 Å². The first kappa shape index (κ1) is 21.2. The summed E-state index contributed by atoms with van der Waals surface area (Å²) < 4.78 is 32.1. The molecule has 2 aromatic rings. The topological polar surface area (TPSA) is 128 Å². The number of amides is 1. The quantitative estimate of drug-likeness (QED) is 0.485. The van der Waals surface area contributed by atoms with Gasteiger partial charge in [0.1, 0.15) is 11.5 Å². The highest BCUT2D eigenvalue weighted by Gasteiger charge is 2.16. The fourth-order valence-corrected chi connectivity index (χ4v) is 3.26.